The van der Waals surface area contributed by atoms with E-state index in [4.69, 9.17) is 0 Å². The monoisotopic (exact) mass is 327 g/mol. The molecule has 0 aliphatic rings. The van der Waals surface area contributed by atoms with Gasteiger partial charge in [0, 0.05) is 17.7 Å². The SMILES string of the molecule is O=C(CCc1ccc(F)cc1)NCCc1csc2ccccc12. The Morgan fingerprint density at radius 2 is 1.83 bits per heavy atom. The van der Waals surface area contributed by atoms with Crippen LogP contribution in [0.4, 0.5) is 4.39 Å². The molecule has 0 radical (unpaired) electrons. The summed E-state index contributed by atoms with van der Waals surface area (Å²) < 4.78 is 14.1. The topological polar surface area (TPSA) is 29.1 Å². The Balaban J connectivity index is 1.45. The minimum atomic E-state index is -0.249. The molecule has 2 aromatic carbocycles. The van der Waals surface area contributed by atoms with Crippen LogP contribution in [0.15, 0.2) is 53.9 Å². The molecule has 0 bridgehead atoms. The summed E-state index contributed by atoms with van der Waals surface area (Å²) in [5, 5.41) is 6.40. The number of nitrogens with one attached hydrogen (secondary N) is 1. The lowest BCUT2D eigenvalue weighted by Crippen LogP contribution is -2.25. The van der Waals surface area contributed by atoms with Crippen LogP contribution >= 0.6 is 11.3 Å². The Bertz CT molecular complexity index is 794. The highest BCUT2D eigenvalue weighted by atomic mass is 32.1. The second-order valence-electron chi connectivity index (χ2n) is 5.48. The van der Waals surface area contributed by atoms with Crippen molar-refractivity contribution in [2.24, 2.45) is 0 Å². The quantitative estimate of drug-likeness (QED) is 0.717. The molecule has 0 aliphatic heterocycles. The molecule has 23 heavy (non-hydrogen) atoms. The number of carbonyl (C=O) groups excluding carboxylic acids is 1. The zero-order valence-electron chi connectivity index (χ0n) is 12.7. The molecular weight excluding hydrogens is 309 g/mol. The molecule has 1 aromatic heterocycles. The molecular formula is C19H18FNOS. The molecule has 0 spiro atoms. The number of fused-ring (bicyclic) bond motifs is 1. The Hall–Kier alpha value is -2.20. The van der Waals surface area contributed by atoms with Gasteiger partial charge in [-0.25, -0.2) is 4.39 Å². The summed E-state index contributed by atoms with van der Waals surface area (Å²) in [5.41, 5.74) is 2.26. The number of hydrogen-bond donors (Lipinski definition) is 1. The van der Waals surface area contributed by atoms with E-state index in [2.05, 4.69) is 22.8 Å². The van der Waals surface area contributed by atoms with Gasteiger partial charge in [-0.1, -0.05) is 30.3 Å². The van der Waals surface area contributed by atoms with Crippen molar-refractivity contribution in [1.82, 2.24) is 5.32 Å². The summed E-state index contributed by atoms with van der Waals surface area (Å²) in [6, 6.07) is 14.6. The van der Waals surface area contributed by atoms with Crippen LogP contribution in [-0.4, -0.2) is 12.5 Å². The number of carbonyl (C=O) groups is 1. The first-order valence-electron chi connectivity index (χ1n) is 7.68. The van der Waals surface area contributed by atoms with Crippen LogP contribution in [0.5, 0.6) is 0 Å². The lowest BCUT2D eigenvalue weighted by Gasteiger charge is -2.05. The van der Waals surface area contributed by atoms with Crippen molar-refractivity contribution < 1.29 is 9.18 Å². The van der Waals surface area contributed by atoms with Crippen molar-refractivity contribution >= 4 is 27.3 Å². The summed E-state index contributed by atoms with van der Waals surface area (Å²) in [6.45, 7) is 0.642. The molecule has 3 aromatic rings. The molecule has 118 valence electrons. The third-order valence-corrected chi connectivity index (χ3v) is 4.84. The molecule has 1 N–H and O–H groups in total. The first-order valence-corrected chi connectivity index (χ1v) is 8.56. The summed E-state index contributed by atoms with van der Waals surface area (Å²) in [4.78, 5) is 11.9. The van der Waals surface area contributed by atoms with Gasteiger partial charge in [0.2, 0.25) is 5.91 Å². The zero-order chi connectivity index (χ0) is 16.1. The first-order chi connectivity index (χ1) is 11.2. The Kier molecular flexibility index (Phi) is 5.03. The van der Waals surface area contributed by atoms with Crippen LogP contribution in [-0.2, 0) is 17.6 Å². The van der Waals surface area contributed by atoms with Crippen molar-refractivity contribution in [1.29, 1.82) is 0 Å². The van der Waals surface area contributed by atoms with Gasteiger partial charge in [0.05, 0.1) is 0 Å². The average Bonchev–Trinajstić information content (AvgIpc) is 2.98. The lowest BCUT2D eigenvalue weighted by atomic mass is 10.1. The molecule has 1 heterocycles. The largest absolute Gasteiger partial charge is 0.356 e. The molecule has 0 saturated carbocycles. The summed E-state index contributed by atoms with van der Waals surface area (Å²) in [5.74, 6) is -0.213. The van der Waals surface area contributed by atoms with Crippen molar-refractivity contribution in [3.63, 3.8) is 0 Å². The highest BCUT2D eigenvalue weighted by Crippen LogP contribution is 2.25. The standard InChI is InChI=1S/C19H18FNOS/c20-16-8-5-14(6-9-16)7-10-19(22)21-12-11-15-13-23-18-4-2-1-3-17(15)18/h1-6,8-9,13H,7,10-12H2,(H,21,22). The van der Waals surface area contributed by atoms with Gasteiger partial charge in [-0.3, -0.25) is 4.79 Å². The highest BCUT2D eigenvalue weighted by molar-refractivity contribution is 7.17. The maximum Gasteiger partial charge on any atom is 0.220 e. The van der Waals surface area contributed by atoms with Gasteiger partial charge in [-0.05, 0) is 52.9 Å². The van der Waals surface area contributed by atoms with Crippen molar-refractivity contribution in [3.8, 4) is 0 Å². The van der Waals surface area contributed by atoms with E-state index in [0.29, 0.717) is 19.4 Å². The van der Waals surface area contributed by atoms with Crippen molar-refractivity contribution in [2.75, 3.05) is 6.54 Å². The van der Waals surface area contributed by atoms with E-state index in [0.717, 1.165) is 12.0 Å². The van der Waals surface area contributed by atoms with E-state index in [9.17, 15) is 9.18 Å². The second-order valence-corrected chi connectivity index (χ2v) is 6.39. The molecule has 4 heteroatoms. The van der Waals surface area contributed by atoms with Gasteiger partial charge >= 0.3 is 0 Å². The van der Waals surface area contributed by atoms with E-state index < -0.39 is 0 Å². The van der Waals surface area contributed by atoms with Gasteiger partial charge < -0.3 is 5.32 Å². The lowest BCUT2D eigenvalue weighted by molar-refractivity contribution is -0.121. The fourth-order valence-corrected chi connectivity index (χ4v) is 3.56. The fraction of sp³-hybridized carbons (Fsp3) is 0.211. The summed E-state index contributed by atoms with van der Waals surface area (Å²) >= 11 is 1.74. The normalized spacial score (nSPS) is 10.8. The van der Waals surface area contributed by atoms with Gasteiger partial charge in [-0.15, -0.1) is 11.3 Å². The fourth-order valence-electron chi connectivity index (χ4n) is 2.56. The van der Waals surface area contributed by atoms with Crippen LogP contribution in [0.2, 0.25) is 0 Å². The molecule has 0 unspecified atom stereocenters. The van der Waals surface area contributed by atoms with E-state index in [1.807, 2.05) is 12.1 Å². The van der Waals surface area contributed by atoms with Crippen molar-refractivity contribution in [3.05, 3.63) is 70.9 Å². The maximum atomic E-state index is 12.8. The highest BCUT2D eigenvalue weighted by Gasteiger charge is 2.05. The predicted octanol–water partition coefficient (Wildman–Crippen LogP) is 4.33. The Morgan fingerprint density at radius 3 is 2.65 bits per heavy atom. The summed E-state index contributed by atoms with van der Waals surface area (Å²) in [6.07, 6.45) is 1.90. The zero-order valence-corrected chi connectivity index (χ0v) is 13.5. The molecule has 0 fully saturated rings. The van der Waals surface area contributed by atoms with Crippen molar-refractivity contribution in [2.45, 2.75) is 19.3 Å². The third kappa shape index (κ3) is 4.17. The maximum absolute atomic E-state index is 12.8. The van der Waals surface area contributed by atoms with E-state index in [1.54, 1.807) is 23.5 Å². The van der Waals surface area contributed by atoms with Gasteiger partial charge in [-0.2, -0.15) is 0 Å². The van der Waals surface area contributed by atoms with E-state index >= 15 is 0 Å². The Morgan fingerprint density at radius 1 is 1.04 bits per heavy atom. The van der Waals surface area contributed by atoms with Gasteiger partial charge in [0.1, 0.15) is 5.82 Å². The van der Waals surface area contributed by atoms with Crippen LogP contribution in [0.1, 0.15) is 17.5 Å². The number of aryl methyl sites for hydroxylation is 1. The molecule has 1 amide bonds. The molecule has 0 aliphatic carbocycles. The van der Waals surface area contributed by atoms with Gasteiger partial charge in [0.15, 0.2) is 0 Å². The number of hydrogen-bond acceptors (Lipinski definition) is 2. The van der Waals surface area contributed by atoms with Crippen LogP contribution in [0.3, 0.4) is 0 Å². The van der Waals surface area contributed by atoms with Crippen LogP contribution in [0.25, 0.3) is 10.1 Å². The summed E-state index contributed by atoms with van der Waals surface area (Å²) in [7, 11) is 0. The van der Waals surface area contributed by atoms with E-state index in [1.165, 1.54) is 27.8 Å². The van der Waals surface area contributed by atoms with Gasteiger partial charge in [0.25, 0.3) is 0 Å². The van der Waals surface area contributed by atoms with E-state index in [-0.39, 0.29) is 11.7 Å². The predicted molar refractivity (Wildman–Crippen MR) is 93.3 cm³/mol. The smallest absolute Gasteiger partial charge is 0.220 e. The number of rotatable bonds is 6. The number of thiophene rings is 1. The number of benzene rings is 2. The molecule has 2 nitrogen and oxygen atoms in total. The second kappa shape index (κ2) is 7.38. The average molecular weight is 327 g/mol. The first kappa shape index (κ1) is 15.7. The van der Waals surface area contributed by atoms with Crippen LogP contribution < -0.4 is 5.32 Å². The minimum absolute atomic E-state index is 0.0360. The third-order valence-electron chi connectivity index (χ3n) is 3.83. The minimum Gasteiger partial charge on any atom is -0.356 e. The Labute approximate surface area is 139 Å². The molecule has 0 atom stereocenters. The van der Waals surface area contributed by atoms with Crippen LogP contribution in [0, 0.1) is 5.82 Å². The number of halogens is 1. The molecule has 0 saturated heterocycles. The number of amides is 1. The molecule has 3 rings (SSSR count).